The van der Waals surface area contributed by atoms with Gasteiger partial charge in [0.05, 0.1) is 12.3 Å². The quantitative estimate of drug-likeness (QED) is 0.756. The SMILES string of the molecule is CCCS(=O)(=O)N1CCC(C(=O)N(C)CC(=O)Nc2ccc(F)cc2)CC1. The summed E-state index contributed by atoms with van der Waals surface area (Å²) in [5.74, 6) is -1.11. The van der Waals surface area contributed by atoms with Crippen molar-refractivity contribution >= 4 is 27.5 Å². The molecule has 9 heteroatoms. The van der Waals surface area contributed by atoms with E-state index in [9.17, 15) is 22.4 Å². The van der Waals surface area contributed by atoms with Crippen LogP contribution in [0.25, 0.3) is 0 Å². The molecule has 1 heterocycles. The van der Waals surface area contributed by atoms with Crippen molar-refractivity contribution in [1.29, 1.82) is 0 Å². The molecule has 0 aliphatic carbocycles. The summed E-state index contributed by atoms with van der Waals surface area (Å²) in [5.41, 5.74) is 0.455. The van der Waals surface area contributed by atoms with Crippen LogP contribution >= 0.6 is 0 Å². The van der Waals surface area contributed by atoms with E-state index < -0.39 is 15.8 Å². The zero-order valence-electron chi connectivity index (χ0n) is 15.7. The number of carbonyl (C=O) groups is 2. The molecule has 0 radical (unpaired) electrons. The fourth-order valence-corrected chi connectivity index (χ4v) is 4.65. The van der Waals surface area contributed by atoms with Crippen molar-refractivity contribution in [1.82, 2.24) is 9.21 Å². The summed E-state index contributed by atoms with van der Waals surface area (Å²) < 4.78 is 38.5. The predicted molar refractivity (Wildman–Crippen MR) is 101 cm³/mol. The van der Waals surface area contributed by atoms with Crippen molar-refractivity contribution in [3.63, 3.8) is 0 Å². The molecule has 1 N–H and O–H groups in total. The second-order valence-corrected chi connectivity index (χ2v) is 8.83. The summed E-state index contributed by atoms with van der Waals surface area (Å²) in [7, 11) is -1.69. The average molecular weight is 399 g/mol. The zero-order valence-corrected chi connectivity index (χ0v) is 16.5. The van der Waals surface area contributed by atoms with Gasteiger partial charge in [-0.25, -0.2) is 17.1 Å². The van der Waals surface area contributed by atoms with Crippen molar-refractivity contribution < 1.29 is 22.4 Å². The van der Waals surface area contributed by atoms with Crippen LogP contribution in [0, 0.1) is 11.7 Å². The Balaban J connectivity index is 1.83. The molecule has 1 saturated heterocycles. The summed E-state index contributed by atoms with van der Waals surface area (Å²) in [6.07, 6.45) is 1.46. The van der Waals surface area contributed by atoms with Gasteiger partial charge in [0.25, 0.3) is 0 Å². The van der Waals surface area contributed by atoms with Gasteiger partial charge in [-0.1, -0.05) is 6.92 Å². The molecular formula is C18H26FN3O4S. The van der Waals surface area contributed by atoms with E-state index in [-0.39, 0.29) is 30.0 Å². The third-order valence-corrected chi connectivity index (χ3v) is 6.62. The topological polar surface area (TPSA) is 86.8 Å². The number of halogens is 1. The number of likely N-dealkylation sites (N-methyl/N-ethyl adjacent to an activating group) is 1. The van der Waals surface area contributed by atoms with Crippen LogP contribution in [0.5, 0.6) is 0 Å². The normalized spacial score (nSPS) is 16.1. The van der Waals surface area contributed by atoms with Crippen LogP contribution in [0.4, 0.5) is 10.1 Å². The minimum absolute atomic E-state index is 0.120. The van der Waals surface area contributed by atoms with Gasteiger partial charge in [-0.2, -0.15) is 0 Å². The number of nitrogens with one attached hydrogen (secondary N) is 1. The highest BCUT2D eigenvalue weighted by atomic mass is 32.2. The minimum Gasteiger partial charge on any atom is -0.336 e. The molecule has 0 saturated carbocycles. The maximum Gasteiger partial charge on any atom is 0.243 e. The van der Waals surface area contributed by atoms with Crippen LogP contribution in [-0.2, 0) is 19.6 Å². The molecular weight excluding hydrogens is 373 g/mol. The largest absolute Gasteiger partial charge is 0.336 e. The van der Waals surface area contributed by atoms with Gasteiger partial charge in [0.15, 0.2) is 0 Å². The van der Waals surface area contributed by atoms with E-state index in [0.29, 0.717) is 38.0 Å². The molecule has 0 atom stereocenters. The first-order valence-corrected chi connectivity index (χ1v) is 10.6. The standard InChI is InChI=1S/C18H26FN3O4S/c1-3-12-27(25,26)22-10-8-14(9-11-22)18(24)21(2)13-17(23)20-16-6-4-15(19)5-7-16/h4-7,14H,3,8-13H2,1-2H3,(H,20,23). The number of benzene rings is 1. The molecule has 2 amide bonds. The molecule has 1 aromatic carbocycles. The summed E-state index contributed by atoms with van der Waals surface area (Å²) >= 11 is 0. The van der Waals surface area contributed by atoms with E-state index in [1.54, 1.807) is 7.05 Å². The van der Waals surface area contributed by atoms with Crippen molar-refractivity contribution in [2.24, 2.45) is 5.92 Å². The van der Waals surface area contributed by atoms with Crippen LogP contribution in [-0.4, -0.2) is 61.9 Å². The Morgan fingerprint density at radius 1 is 1.22 bits per heavy atom. The molecule has 27 heavy (non-hydrogen) atoms. The molecule has 150 valence electrons. The third kappa shape index (κ3) is 6.00. The molecule has 1 aromatic rings. The number of amides is 2. The maximum absolute atomic E-state index is 12.9. The molecule has 0 unspecified atom stereocenters. The van der Waals surface area contributed by atoms with Gasteiger partial charge in [0.2, 0.25) is 21.8 Å². The Bertz CT molecular complexity index is 759. The Labute approximate surface area is 159 Å². The number of hydrogen-bond acceptors (Lipinski definition) is 4. The van der Waals surface area contributed by atoms with E-state index in [0.717, 1.165) is 0 Å². The summed E-state index contributed by atoms with van der Waals surface area (Å²) in [4.78, 5) is 26.0. The molecule has 1 fully saturated rings. The zero-order chi connectivity index (χ0) is 20.0. The van der Waals surface area contributed by atoms with Gasteiger partial charge in [0.1, 0.15) is 5.82 Å². The first-order chi connectivity index (χ1) is 12.7. The van der Waals surface area contributed by atoms with E-state index in [1.807, 2.05) is 6.92 Å². The van der Waals surface area contributed by atoms with Crippen LogP contribution in [0.3, 0.4) is 0 Å². The first kappa shape index (κ1) is 21.3. The molecule has 1 aliphatic rings. The van der Waals surface area contributed by atoms with E-state index >= 15 is 0 Å². The first-order valence-electron chi connectivity index (χ1n) is 9.01. The van der Waals surface area contributed by atoms with Gasteiger partial charge < -0.3 is 10.2 Å². The fourth-order valence-electron chi connectivity index (χ4n) is 3.11. The number of carbonyl (C=O) groups excluding carboxylic acids is 2. The van der Waals surface area contributed by atoms with E-state index in [2.05, 4.69) is 5.32 Å². The number of sulfonamides is 1. The Morgan fingerprint density at radius 2 is 1.81 bits per heavy atom. The highest BCUT2D eigenvalue weighted by Gasteiger charge is 2.32. The summed E-state index contributed by atoms with van der Waals surface area (Å²) in [6.45, 7) is 2.35. The molecule has 0 aromatic heterocycles. The van der Waals surface area contributed by atoms with E-state index in [1.165, 1.54) is 33.5 Å². The number of nitrogens with zero attached hydrogens (tertiary/aromatic N) is 2. The van der Waals surface area contributed by atoms with Crippen molar-refractivity contribution in [3.8, 4) is 0 Å². The number of hydrogen-bond donors (Lipinski definition) is 1. The lowest BCUT2D eigenvalue weighted by atomic mass is 9.96. The van der Waals surface area contributed by atoms with Crippen LogP contribution in [0.1, 0.15) is 26.2 Å². The van der Waals surface area contributed by atoms with Gasteiger partial charge in [-0.05, 0) is 43.5 Å². The second-order valence-electron chi connectivity index (χ2n) is 6.74. The smallest absolute Gasteiger partial charge is 0.243 e. The Morgan fingerprint density at radius 3 is 2.37 bits per heavy atom. The molecule has 7 nitrogen and oxygen atoms in total. The average Bonchev–Trinajstić information content (AvgIpc) is 2.63. The minimum atomic E-state index is -3.24. The summed E-state index contributed by atoms with van der Waals surface area (Å²) in [5, 5.41) is 2.61. The number of anilines is 1. The monoisotopic (exact) mass is 399 g/mol. The number of piperidine rings is 1. The second kappa shape index (κ2) is 9.27. The number of rotatable bonds is 7. The molecule has 1 aliphatic heterocycles. The highest BCUT2D eigenvalue weighted by molar-refractivity contribution is 7.89. The van der Waals surface area contributed by atoms with Gasteiger partial charge >= 0.3 is 0 Å². The van der Waals surface area contributed by atoms with Gasteiger partial charge in [-0.15, -0.1) is 0 Å². The van der Waals surface area contributed by atoms with Crippen molar-refractivity contribution in [3.05, 3.63) is 30.1 Å². The molecule has 0 spiro atoms. The Kier molecular flexibility index (Phi) is 7.32. The third-order valence-electron chi connectivity index (χ3n) is 4.54. The van der Waals surface area contributed by atoms with Gasteiger partial charge in [-0.3, -0.25) is 9.59 Å². The van der Waals surface area contributed by atoms with Crippen LogP contribution < -0.4 is 5.32 Å². The lowest BCUT2D eigenvalue weighted by Gasteiger charge is -2.32. The van der Waals surface area contributed by atoms with Crippen molar-refractivity contribution in [2.75, 3.05) is 37.8 Å². The highest BCUT2D eigenvalue weighted by Crippen LogP contribution is 2.22. The fraction of sp³-hybridized carbons (Fsp3) is 0.556. The van der Waals surface area contributed by atoms with Gasteiger partial charge in [0, 0.05) is 31.7 Å². The van der Waals surface area contributed by atoms with Crippen molar-refractivity contribution in [2.45, 2.75) is 26.2 Å². The van der Waals surface area contributed by atoms with Crippen LogP contribution in [0.15, 0.2) is 24.3 Å². The lowest BCUT2D eigenvalue weighted by Crippen LogP contribution is -2.45. The van der Waals surface area contributed by atoms with Crippen LogP contribution in [0.2, 0.25) is 0 Å². The lowest BCUT2D eigenvalue weighted by molar-refractivity contribution is -0.138. The Hall–Kier alpha value is -2.00. The van der Waals surface area contributed by atoms with E-state index in [4.69, 9.17) is 0 Å². The molecule has 0 bridgehead atoms. The molecule has 2 rings (SSSR count). The predicted octanol–water partition coefficient (Wildman–Crippen LogP) is 1.67. The summed E-state index contributed by atoms with van der Waals surface area (Å²) in [6, 6.07) is 5.37. The maximum atomic E-state index is 12.9.